The van der Waals surface area contributed by atoms with Gasteiger partial charge in [-0.25, -0.2) is 0 Å². The highest BCUT2D eigenvalue weighted by Gasteiger charge is 2.17. The summed E-state index contributed by atoms with van der Waals surface area (Å²) < 4.78 is 2.05. The summed E-state index contributed by atoms with van der Waals surface area (Å²) in [4.78, 5) is 11.9. The topological polar surface area (TPSA) is 54.3 Å². The lowest BCUT2D eigenvalue weighted by Crippen LogP contribution is -2.30. The van der Waals surface area contributed by atoms with E-state index in [9.17, 15) is 9.90 Å². The second kappa shape index (κ2) is 7.41. The Morgan fingerprint density at radius 2 is 2.17 bits per heavy atom. The van der Waals surface area contributed by atoms with E-state index in [1.165, 1.54) is 25.7 Å². The average molecular weight is 332 g/mol. The third-order valence-electron chi connectivity index (χ3n) is 4.54. The summed E-state index contributed by atoms with van der Waals surface area (Å²) >= 11 is 1.75. The molecule has 1 aromatic heterocycles. The van der Waals surface area contributed by atoms with Crippen molar-refractivity contribution in [1.82, 2.24) is 9.88 Å². The first kappa shape index (κ1) is 16.4. The number of benzene rings is 1. The molecule has 1 amide bonds. The Balaban J connectivity index is 1.49. The fourth-order valence-electron chi connectivity index (χ4n) is 3.14. The van der Waals surface area contributed by atoms with Crippen molar-refractivity contribution in [2.45, 2.75) is 37.0 Å². The number of hydrogen-bond acceptors (Lipinski definition) is 3. The molecule has 5 heteroatoms. The molecule has 0 aliphatic heterocycles. The third-order valence-corrected chi connectivity index (χ3v) is 5.91. The fraction of sp³-hybridized carbons (Fsp3) is 0.500. The summed E-state index contributed by atoms with van der Waals surface area (Å²) in [6, 6.07) is 7.94. The maximum Gasteiger partial charge on any atom is 0.230 e. The predicted molar refractivity (Wildman–Crippen MR) is 95.6 cm³/mol. The molecule has 0 bridgehead atoms. The number of hydrogen-bond donors (Lipinski definition) is 2. The zero-order chi connectivity index (χ0) is 16.2. The number of carbonyl (C=O) groups excluding carboxylic acids is 1. The highest BCUT2D eigenvalue weighted by Crippen LogP contribution is 2.29. The Labute approximate surface area is 141 Å². The number of aliphatic hydroxyl groups is 1. The molecule has 1 atom stereocenters. The van der Waals surface area contributed by atoms with Crippen LogP contribution < -0.4 is 5.32 Å². The van der Waals surface area contributed by atoms with Crippen molar-refractivity contribution < 1.29 is 9.90 Å². The zero-order valence-corrected chi connectivity index (χ0v) is 14.3. The monoisotopic (exact) mass is 332 g/mol. The van der Waals surface area contributed by atoms with Gasteiger partial charge in [0.25, 0.3) is 0 Å². The lowest BCUT2D eigenvalue weighted by Gasteiger charge is -2.13. The highest BCUT2D eigenvalue weighted by molar-refractivity contribution is 8.00. The van der Waals surface area contributed by atoms with Gasteiger partial charge in [-0.1, -0.05) is 18.9 Å². The Bertz CT molecular complexity index is 677. The van der Waals surface area contributed by atoms with E-state index < -0.39 is 6.10 Å². The number of nitrogens with one attached hydrogen (secondary N) is 1. The Kier molecular flexibility index (Phi) is 5.28. The molecule has 0 saturated heterocycles. The van der Waals surface area contributed by atoms with Crippen LogP contribution in [0.15, 0.2) is 30.5 Å². The molecule has 0 radical (unpaired) electrons. The molecule has 2 aromatic rings. The van der Waals surface area contributed by atoms with E-state index in [-0.39, 0.29) is 12.5 Å². The first-order valence-electron chi connectivity index (χ1n) is 8.25. The van der Waals surface area contributed by atoms with E-state index in [2.05, 4.69) is 5.32 Å². The molecule has 1 aromatic carbocycles. The normalized spacial score (nSPS) is 16.8. The molecule has 1 fully saturated rings. The van der Waals surface area contributed by atoms with Crippen molar-refractivity contribution in [3.63, 3.8) is 0 Å². The van der Waals surface area contributed by atoms with E-state index in [0.29, 0.717) is 11.0 Å². The van der Waals surface area contributed by atoms with Crippen molar-refractivity contribution in [3.05, 3.63) is 36.0 Å². The van der Waals surface area contributed by atoms with Crippen LogP contribution in [-0.2, 0) is 11.8 Å². The molecule has 23 heavy (non-hydrogen) atoms. The lowest BCUT2D eigenvalue weighted by atomic mass is 10.1. The average Bonchev–Trinajstić information content (AvgIpc) is 3.20. The molecule has 3 rings (SSSR count). The van der Waals surface area contributed by atoms with Crippen LogP contribution in [-0.4, -0.2) is 33.1 Å². The molecular weight excluding hydrogens is 308 g/mol. The van der Waals surface area contributed by atoms with Crippen LogP contribution in [0.3, 0.4) is 0 Å². The van der Waals surface area contributed by atoms with Crippen LogP contribution >= 0.6 is 11.8 Å². The number of aromatic nitrogens is 1. The van der Waals surface area contributed by atoms with E-state index in [0.717, 1.165) is 16.5 Å². The van der Waals surface area contributed by atoms with Gasteiger partial charge in [0.05, 0.1) is 11.9 Å². The zero-order valence-electron chi connectivity index (χ0n) is 13.5. The van der Waals surface area contributed by atoms with Gasteiger partial charge in [-0.2, -0.15) is 0 Å². The van der Waals surface area contributed by atoms with Gasteiger partial charge in [-0.05, 0) is 42.0 Å². The number of carbonyl (C=O) groups is 1. The minimum atomic E-state index is -0.667. The summed E-state index contributed by atoms with van der Waals surface area (Å²) in [7, 11) is 2.00. The quantitative estimate of drug-likeness (QED) is 0.855. The van der Waals surface area contributed by atoms with Crippen LogP contribution in [0.1, 0.15) is 37.4 Å². The van der Waals surface area contributed by atoms with Crippen LogP contribution in [0.4, 0.5) is 0 Å². The molecule has 124 valence electrons. The first-order chi connectivity index (χ1) is 11.1. The minimum Gasteiger partial charge on any atom is -0.387 e. The number of aryl methyl sites for hydroxylation is 1. The van der Waals surface area contributed by atoms with Crippen LogP contribution in [0.5, 0.6) is 0 Å². The van der Waals surface area contributed by atoms with Crippen molar-refractivity contribution in [1.29, 1.82) is 0 Å². The van der Waals surface area contributed by atoms with E-state index >= 15 is 0 Å². The second-order valence-electron chi connectivity index (χ2n) is 6.28. The molecule has 1 aliphatic rings. The molecule has 1 saturated carbocycles. The lowest BCUT2D eigenvalue weighted by molar-refractivity contribution is -0.119. The molecule has 0 spiro atoms. The third kappa shape index (κ3) is 4.09. The van der Waals surface area contributed by atoms with Gasteiger partial charge in [-0.3, -0.25) is 4.79 Å². The highest BCUT2D eigenvalue weighted by atomic mass is 32.2. The largest absolute Gasteiger partial charge is 0.387 e. The smallest absolute Gasteiger partial charge is 0.230 e. The summed E-state index contributed by atoms with van der Waals surface area (Å²) in [6.45, 7) is 0.266. The maximum atomic E-state index is 11.9. The summed E-state index contributed by atoms with van der Waals surface area (Å²) in [5, 5.41) is 14.9. The van der Waals surface area contributed by atoms with Gasteiger partial charge in [-0.15, -0.1) is 11.8 Å². The van der Waals surface area contributed by atoms with Crippen molar-refractivity contribution >= 4 is 28.6 Å². The Hall–Kier alpha value is -1.46. The van der Waals surface area contributed by atoms with E-state index in [1.807, 2.05) is 42.1 Å². The van der Waals surface area contributed by atoms with Crippen molar-refractivity contribution in [2.75, 3.05) is 12.3 Å². The second-order valence-corrected chi connectivity index (χ2v) is 7.57. The summed E-state index contributed by atoms with van der Waals surface area (Å²) in [6.07, 6.45) is 6.39. The van der Waals surface area contributed by atoms with E-state index in [4.69, 9.17) is 0 Å². The number of amides is 1. The maximum absolute atomic E-state index is 11.9. The summed E-state index contributed by atoms with van der Waals surface area (Å²) in [5.41, 5.74) is 1.98. The van der Waals surface area contributed by atoms with Crippen molar-refractivity contribution in [2.24, 2.45) is 7.05 Å². The van der Waals surface area contributed by atoms with Gasteiger partial charge in [0.15, 0.2) is 0 Å². The number of rotatable bonds is 6. The molecule has 0 unspecified atom stereocenters. The molecule has 1 aliphatic carbocycles. The molecular formula is C18H24N2O2S. The van der Waals surface area contributed by atoms with Gasteiger partial charge in [0.1, 0.15) is 0 Å². The standard InChI is InChI=1S/C18H24N2O2S/c1-20-9-8-13-10-14(6-7-16(13)20)17(21)11-19-18(22)12-23-15-4-2-3-5-15/h6-10,15,17,21H,2-5,11-12H2,1H3,(H,19,22)/t17-/m0/s1. The van der Waals surface area contributed by atoms with Crippen molar-refractivity contribution in [3.8, 4) is 0 Å². The first-order valence-corrected chi connectivity index (χ1v) is 9.30. The van der Waals surface area contributed by atoms with Crippen LogP contribution in [0.2, 0.25) is 0 Å². The number of aliphatic hydroxyl groups excluding tert-OH is 1. The summed E-state index contributed by atoms with van der Waals surface area (Å²) in [5.74, 6) is 0.511. The number of fused-ring (bicyclic) bond motifs is 1. The molecule has 1 heterocycles. The van der Waals surface area contributed by atoms with Gasteiger partial charge >= 0.3 is 0 Å². The Morgan fingerprint density at radius 1 is 1.39 bits per heavy atom. The molecule has 4 nitrogen and oxygen atoms in total. The SMILES string of the molecule is Cn1ccc2cc([C@@H](O)CNC(=O)CSC3CCCC3)ccc21. The number of thioether (sulfide) groups is 1. The Morgan fingerprint density at radius 3 is 2.96 bits per heavy atom. The predicted octanol–water partition coefficient (Wildman–Crippen LogP) is 3.00. The van der Waals surface area contributed by atoms with Gasteiger partial charge in [0.2, 0.25) is 5.91 Å². The fourth-order valence-corrected chi connectivity index (χ4v) is 4.29. The van der Waals surface area contributed by atoms with Gasteiger partial charge < -0.3 is 15.0 Å². The molecule has 2 N–H and O–H groups in total. The minimum absolute atomic E-state index is 0.0155. The van der Waals surface area contributed by atoms with Crippen LogP contribution in [0, 0.1) is 0 Å². The van der Waals surface area contributed by atoms with Gasteiger partial charge in [0, 0.05) is 30.6 Å². The number of nitrogens with zero attached hydrogens (tertiary/aromatic N) is 1. The van der Waals surface area contributed by atoms with E-state index in [1.54, 1.807) is 11.8 Å². The van der Waals surface area contributed by atoms with Crippen LogP contribution in [0.25, 0.3) is 10.9 Å².